The topological polar surface area (TPSA) is 69.6 Å². The van der Waals surface area contributed by atoms with E-state index in [1.165, 1.54) is 0 Å². The molecule has 0 heterocycles. The number of nitrogens with one attached hydrogen (secondary N) is 1. The van der Waals surface area contributed by atoms with E-state index in [0.29, 0.717) is 6.54 Å². The minimum Gasteiger partial charge on any atom is -0.508 e. The van der Waals surface area contributed by atoms with Gasteiger partial charge >= 0.3 is 6.09 Å². The zero-order valence-corrected chi connectivity index (χ0v) is 7.73. The smallest absolute Gasteiger partial charge is 0.404 e. The quantitative estimate of drug-likeness (QED) is 0.639. The standard InChI is InChI=1S/C10H13NO3/c12-9-5-3-8(4-6-9)2-1-7-11-10(13)14/h3-6,11-12H,1-2,7H2,(H,13,14). The molecule has 0 saturated heterocycles. The summed E-state index contributed by atoms with van der Waals surface area (Å²) in [5.74, 6) is 0.248. The van der Waals surface area contributed by atoms with Crippen LogP contribution < -0.4 is 5.32 Å². The minimum absolute atomic E-state index is 0.248. The second-order valence-electron chi connectivity index (χ2n) is 3.00. The maximum Gasteiger partial charge on any atom is 0.404 e. The average molecular weight is 195 g/mol. The molecule has 1 aromatic carbocycles. The lowest BCUT2D eigenvalue weighted by atomic mass is 10.1. The second kappa shape index (κ2) is 5.11. The van der Waals surface area contributed by atoms with Gasteiger partial charge in [-0.05, 0) is 30.5 Å². The van der Waals surface area contributed by atoms with Crippen LogP contribution in [0.25, 0.3) is 0 Å². The molecule has 0 bridgehead atoms. The summed E-state index contributed by atoms with van der Waals surface area (Å²) < 4.78 is 0. The predicted molar refractivity (Wildman–Crippen MR) is 52.5 cm³/mol. The van der Waals surface area contributed by atoms with E-state index in [9.17, 15) is 4.79 Å². The third-order valence-corrected chi connectivity index (χ3v) is 1.85. The van der Waals surface area contributed by atoms with Crippen LogP contribution in [0.4, 0.5) is 4.79 Å². The van der Waals surface area contributed by atoms with Crippen LogP contribution >= 0.6 is 0 Å². The van der Waals surface area contributed by atoms with Crippen molar-refractivity contribution >= 4 is 6.09 Å². The molecule has 0 aliphatic rings. The summed E-state index contributed by atoms with van der Waals surface area (Å²) in [6.07, 6.45) is 0.577. The van der Waals surface area contributed by atoms with Gasteiger partial charge in [-0.15, -0.1) is 0 Å². The molecule has 0 radical (unpaired) electrons. The Morgan fingerprint density at radius 1 is 1.29 bits per heavy atom. The number of aromatic hydroxyl groups is 1. The summed E-state index contributed by atoms with van der Waals surface area (Å²) >= 11 is 0. The first-order valence-electron chi connectivity index (χ1n) is 4.43. The van der Waals surface area contributed by atoms with Crippen LogP contribution in [0.2, 0.25) is 0 Å². The highest BCUT2D eigenvalue weighted by molar-refractivity contribution is 5.64. The van der Waals surface area contributed by atoms with Crippen LogP contribution in [0.15, 0.2) is 24.3 Å². The van der Waals surface area contributed by atoms with Gasteiger partial charge in [-0.25, -0.2) is 4.79 Å². The van der Waals surface area contributed by atoms with E-state index in [1.54, 1.807) is 12.1 Å². The average Bonchev–Trinajstić information content (AvgIpc) is 2.15. The van der Waals surface area contributed by atoms with Crippen LogP contribution in [0.3, 0.4) is 0 Å². The SMILES string of the molecule is O=C(O)NCCCc1ccc(O)cc1. The van der Waals surface area contributed by atoms with Crippen molar-refractivity contribution in [2.24, 2.45) is 0 Å². The third kappa shape index (κ3) is 3.80. The van der Waals surface area contributed by atoms with Crippen LogP contribution in [-0.4, -0.2) is 22.9 Å². The highest BCUT2D eigenvalue weighted by Gasteiger charge is 1.95. The van der Waals surface area contributed by atoms with Gasteiger partial charge in [0.1, 0.15) is 5.75 Å². The van der Waals surface area contributed by atoms with Crippen LogP contribution in [-0.2, 0) is 6.42 Å². The highest BCUT2D eigenvalue weighted by atomic mass is 16.4. The number of phenols is 1. The van der Waals surface area contributed by atoms with Gasteiger partial charge in [-0.3, -0.25) is 0 Å². The van der Waals surface area contributed by atoms with Crippen LogP contribution in [0, 0.1) is 0 Å². The molecule has 1 rings (SSSR count). The molecule has 0 unspecified atom stereocenters. The number of rotatable bonds is 4. The zero-order chi connectivity index (χ0) is 10.4. The molecule has 0 fully saturated rings. The summed E-state index contributed by atoms with van der Waals surface area (Å²) in [7, 11) is 0. The number of aryl methyl sites for hydroxylation is 1. The van der Waals surface area contributed by atoms with Gasteiger partial charge in [0.05, 0.1) is 0 Å². The van der Waals surface area contributed by atoms with Crippen LogP contribution in [0.1, 0.15) is 12.0 Å². The Labute approximate surface area is 82.2 Å². The van der Waals surface area contributed by atoms with Crippen molar-refractivity contribution in [2.75, 3.05) is 6.54 Å². The van der Waals surface area contributed by atoms with Crippen molar-refractivity contribution in [1.82, 2.24) is 5.32 Å². The van der Waals surface area contributed by atoms with Gasteiger partial charge in [0.2, 0.25) is 0 Å². The monoisotopic (exact) mass is 195 g/mol. The summed E-state index contributed by atoms with van der Waals surface area (Å²) in [5.41, 5.74) is 1.09. The van der Waals surface area contributed by atoms with Gasteiger partial charge in [-0.1, -0.05) is 12.1 Å². The molecule has 76 valence electrons. The molecule has 4 nitrogen and oxygen atoms in total. The molecule has 1 aromatic rings. The molecule has 0 aromatic heterocycles. The van der Waals surface area contributed by atoms with Crippen molar-refractivity contribution in [3.05, 3.63) is 29.8 Å². The Hall–Kier alpha value is -1.71. The van der Waals surface area contributed by atoms with E-state index in [2.05, 4.69) is 5.32 Å². The molecule has 4 heteroatoms. The molecule has 14 heavy (non-hydrogen) atoms. The molecular weight excluding hydrogens is 182 g/mol. The molecule has 0 saturated carbocycles. The van der Waals surface area contributed by atoms with E-state index < -0.39 is 6.09 Å². The lowest BCUT2D eigenvalue weighted by Crippen LogP contribution is -2.22. The molecule has 0 spiro atoms. The minimum atomic E-state index is -0.990. The fraction of sp³-hybridized carbons (Fsp3) is 0.300. The Morgan fingerprint density at radius 3 is 2.50 bits per heavy atom. The maximum atomic E-state index is 10.1. The Kier molecular flexibility index (Phi) is 3.79. The first-order valence-corrected chi connectivity index (χ1v) is 4.43. The lowest BCUT2D eigenvalue weighted by Gasteiger charge is -2.01. The van der Waals surface area contributed by atoms with Gasteiger partial charge in [0.15, 0.2) is 0 Å². The van der Waals surface area contributed by atoms with E-state index >= 15 is 0 Å². The van der Waals surface area contributed by atoms with E-state index in [4.69, 9.17) is 10.2 Å². The number of hydrogen-bond acceptors (Lipinski definition) is 2. The molecule has 0 aliphatic heterocycles. The lowest BCUT2D eigenvalue weighted by molar-refractivity contribution is 0.194. The first-order chi connectivity index (χ1) is 6.68. The molecule has 0 aliphatic carbocycles. The van der Waals surface area contributed by atoms with Gasteiger partial charge in [0.25, 0.3) is 0 Å². The van der Waals surface area contributed by atoms with Crippen molar-refractivity contribution in [3.63, 3.8) is 0 Å². The number of hydrogen-bond donors (Lipinski definition) is 3. The van der Waals surface area contributed by atoms with E-state index in [-0.39, 0.29) is 5.75 Å². The van der Waals surface area contributed by atoms with E-state index in [0.717, 1.165) is 18.4 Å². The van der Waals surface area contributed by atoms with Crippen molar-refractivity contribution in [2.45, 2.75) is 12.8 Å². The fourth-order valence-electron chi connectivity index (χ4n) is 1.15. The third-order valence-electron chi connectivity index (χ3n) is 1.85. The normalized spacial score (nSPS) is 9.71. The predicted octanol–water partition coefficient (Wildman–Crippen LogP) is 1.59. The fourth-order valence-corrected chi connectivity index (χ4v) is 1.15. The number of carboxylic acid groups (broad SMARTS) is 1. The van der Waals surface area contributed by atoms with Crippen molar-refractivity contribution < 1.29 is 15.0 Å². The molecular formula is C10H13NO3. The summed E-state index contributed by atoms with van der Waals surface area (Å²) in [4.78, 5) is 10.1. The summed E-state index contributed by atoms with van der Waals surface area (Å²) in [6.45, 7) is 0.455. The zero-order valence-electron chi connectivity index (χ0n) is 7.73. The molecule has 3 N–H and O–H groups in total. The molecule has 1 amide bonds. The number of amides is 1. The highest BCUT2D eigenvalue weighted by Crippen LogP contribution is 2.10. The first kappa shape index (κ1) is 10.4. The number of phenolic OH excluding ortho intramolecular Hbond substituents is 1. The largest absolute Gasteiger partial charge is 0.508 e. The second-order valence-corrected chi connectivity index (χ2v) is 3.00. The number of benzene rings is 1. The van der Waals surface area contributed by atoms with E-state index in [1.807, 2.05) is 12.1 Å². The summed E-state index contributed by atoms with van der Waals surface area (Å²) in [6, 6.07) is 6.91. The van der Waals surface area contributed by atoms with Crippen molar-refractivity contribution in [1.29, 1.82) is 0 Å². The van der Waals surface area contributed by atoms with Gasteiger partial charge in [-0.2, -0.15) is 0 Å². The maximum absolute atomic E-state index is 10.1. The Bertz CT molecular complexity index is 295. The van der Waals surface area contributed by atoms with Crippen molar-refractivity contribution in [3.8, 4) is 5.75 Å². The Morgan fingerprint density at radius 2 is 1.93 bits per heavy atom. The van der Waals surface area contributed by atoms with Crippen LogP contribution in [0.5, 0.6) is 5.75 Å². The molecule has 0 atom stereocenters. The summed E-state index contributed by atoms with van der Waals surface area (Å²) in [5, 5.41) is 19.6. The number of carbonyl (C=O) groups is 1. The van der Waals surface area contributed by atoms with Gasteiger partial charge < -0.3 is 15.5 Å². The Balaban J connectivity index is 2.25. The van der Waals surface area contributed by atoms with Gasteiger partial charge in [0, 0.05) is 6.54 Å².